The molecule has 0 saturated heterocycles. The molecule has 0 bridgehead atoms. The molecule has 0 aliphatic carbocycles. The van der Waals surface area contributed by atoms with Crippen molar-refractivity contribution < 1.29 is 18.3 Å². The van der Waals surface area contributed by atoms with Gasteiger partial charge in [-0.25, -0.2) is 8.78 Å². The molecule has 3 nitrogen and oxygen atoms in total. The third-order valence-electron chi connectivity index (χ3n) is 3.54. The van der Waals surface area contributed by atoms with E-state index >= 15 is 0 Å². The molecule has 1 amide bonds. The van der Waals surface area contributed by atoms with E-state index in [2.05, 4.69) is 5.32 Å². The van der Waals surface area contributed by atoms with E-state index in [1.165, 1.54) is 12.1 Å². The normalized spacial score (nSPS) is 10.3. The molecule has 3 aromatic carbocycles. The topological polar surface area (TPSA) is 38.3 Å². The van der Waals surface area contributed by atoms with E-state index in [9.17, 15) is 13.6 Å². The van der Waals surface area contributed by atoms with E-state index in [-0.39, 0.29) is 11.3 Å². The summed E-state index contributed by atoms with van der Waals surface area (Å²) in [6.07, 6.45) is 0. The van der Waals surface area contributed by atoms with Crippen LogP contribution in [0.3, 0.4) is 0 Å². The predicted molar refractivity (Wildman–Crippen MR) is 91.5 cm³/mol. The van der Waals surface area contributed by atoms with Gasteiger partial charge in [0.05, 0.1) is 5.69 Å². The van der Waals surface area contributed by atoms with E-state index in [0.29, 0.717) is 12.4 Å². The molecule has 25 heavy (non-hydrogen) atoms. The molecule has 0 spiro atoms. The Balaban J connectivity index is 1.70. The highest BCUT2D eigenvalue weighted by Gasteiger charge is 2.12. The summed E-state index contributed by atoms with van der Waals surface area (Å²) in [5, 5.41) is 2.36. The fourth-order valence-corrected chi connectivity index (χ4v) is 2.26. The van der Waals surface area contributed by atoms with Crippen molar-refractivity contribution in [2.24, 2.45) is 0 Å². The standard InChI is InChI=1S/C20H15F2NO2/c21-17-10-5-11-18(19(17)22)23-20(24)15-8-4-9-16(12-15)25-13-14-6-2-1-3-7-14/h1-12H,13H2,(H,23,24). The average Bonchev–Trinajstić information content (AvgIpc) is 2.65. The van der Waals surface area contributed by atoms with Crippen LogP contribution in [0.15, 0.2) is 72.8 Å². The zero-order valence-corrected chi connectivity index (χ0v) is 13.2. The first-order valence-electron chi connectivity index (χ1n) is 7.65. The molecular formula is C20H15F2NO2. The van der Waals surface area contributed by atoms with Crippen LogP contribution in [0, 0.1) is 11.6 Å². The van der Waals surface area contributed by atoms with Gasteiger partial charge in [-0.2, -0.15) is 0 Å². The summed E-state index contributed by atoms with van der Waals surface area (Å²) in [7, 11) is 0. The van der Waals surface area contributed by atoms with E-state index in [1.54, 1.807) is 24.3 Å². The van der Waals surface area contributed by atoms with Gasteiger partial charge >= 0.3 is 0 Å². The highest BCUT2D eigenvalue weighted by atomic mass is 19.2. The van der Waals surface area contributed by atoms with Crippen LogP contribution in [0.25, 0.3) is 0 Å². The predicted octanol–water partition coefficient (Wildman–Crippen LogP) is 4.80. The molecule has 126 valence electrons. The van der Waals surface area contributed by atoms with Gasteiger partial charge in [0, 0.05) is 5.56 Å². The molecule has 0 radical (unpaired) electrons. The molecule has 0 fully saturated rings. The molecule has 5 heteroatoms. The Morgan fingerprint density at radius 2 is 1.68 bits per heavy atom. The van der Waals surface area contributed by atoms with Crippen LogP contribution in [0.1, 0.15) is 15.9 Å². The second-order valence-electron chi connectivity index (χ2n) is 5.36. The van der Waals surface area contributed by atoms with Crippen LogP contribution in [0.4, 0.5) is 14.5 Å². The monoisotopic (exact) mass is 339 g/mol. The summed E-state index contributed by atoms with van der Waals surface area (Å²) < 4.78 is 32.5. The zero-order valence-electron chi connectivity index (χ0n) is 13.2. The summed E-state index contributed by atoms with van der Waals surface area (Å²) in [6.45, 7) is 0.366. The van der Waals surface area contributed by atoms with Gasteiger partial charge in [0.2, 0.25) is 0 Å². The van der Waals surface area contributed by atoms with Gasteiger partial charge in [0.25, 0.3) is 5.91 Å². The number of halogens is 2. The summed E-state index contributed by atoms with van der Waals surface area (Å²) in [5.74, 6) is -2.14. The maximum Gasteiger partial charge on any atom is 0.255 e. The fraction of sp³-hybridized carbons (Fsp3) is 0.0500. The van der Waals surface area contributed by atoms with Crippen LogP contribution in [-0.2, 0) is 6.61 Å². The first-order valence-corrected chi connectivity index (χ1v) is 7.65. The molecule has 0 aromatic heterocycles. The van der Waals surface area contributed by atoms with Crippen molar-refractivity contribution in [3.05, 3.63) is 95.6 Å². The Morgan fingerprint density at radius 1 is 0.920 bits per heavy atom. The number of rotatable bonds is 5. The number of carbonyl (C=O) groups excluding carboxylic acids is 1. The highest BCUT2D eigenvalue weighted by molar-refractivity contribution is 6.04. The molecule has 0 heterocycles. The first kappa shape index (κ1) is 16.6. The molecule has 3 rings (SSSR count). The molecule has 0 atom stereocenters. The van der Waals surface area contributed by atoms with Crippen LogP contribution < -0.4 is 10.1 Å². The van der Waals surface area contributed by atoms with Gasteiger partial charge in [0.15, 0.2) is 11.6 Å². The average molecular weight is 339 g/mol. The van der Waals surface area contributed by atoms with E-state index < -0.39 is 17.5 Å². The third kappa shape index (κ3) is 4.20. The highest BCUT2D eigenvalue weighted by Crippen LogP contribution is 2.19. The summed E-state index contributed by atoms with van der Waals surface area (Å²) in [6, 6.07) is 19.7. The molecule has 0 unspecified atom stereocenters. The zero-order chi connectivity index (χ0) is 17.6. The lowest BCUT2D eigenvalue weighted by atomic mass is 10.2. The number of nitrogens with one attached hydrogen (secondary N) is 1. The molecule has 1 N–H and O–H groups in total. The Labute approximate surface area is 143 Å². The Bertz CT molecular complexity index is 882. The van der Waals surface area contributed by atoms with Crippen LogP contribution in [-0.4, -0.2) is 5.91 Å². The van der Waals surface area contributed by atoms with Crippen molar-refractivity contribution in [2.75, 3.05) is 5.32 Å². The quantitative estimate of drug-likeness (QED) is 0.725. The smallest absolute Gasteiger partial charge is 0.255 e. The number of amides is 1. The van der Waals surface area contributed by atoms with Gasteiger partial charge in [0.1, 0.15) is 12.4 Å². The Hall–Kier alpha value is -3.21. The first-order chi connectivity index (χ1) is 12.1. The Kier molecular flexibility index (Phi) is 5.04. The van der Waals surface area contributed by atoms with Gasteiger partial charge in [-0.05, 0) is 35.9 Å². The second kappa shape index (κ2) is 7.57. The van der Waals surface area contributed by atoms with Crippen LogP contribution in [0.2, 0.25) is 0 Å². The minimum absolute atomic E-state index is 0.208. The van der Waals surface area contributed by atoms with Crippen molar-refractivity contribution >= 4 is 11.6 Å². The molecular weight excluding hydrogens is 324 g/mol. The number of hydrogen-bond acceptors (Lipinski definition) is 2. The Morgan fingerprint density at radius 3 is 2.48 bits per heavy atom. The van der Waals surface area contributed by atoms with E-state index in [1.807, 2.05) is 30.3 Å². The number of anilines is 1. The lowest BCUT2D eigenvalue weighted by Crippen LogP contribution is -2.13. The van der Waals surface area contributed by atoms with E-state index in [4.69, 9.17) is 4.74 Å². The van der Waals surface area contributed by atoms with E-state index in [0.717, 1.165) is 11.6 Å². The number of ether oxygens (including phenoxy) is 1. The van der Waals surface area contributed by atoms with Gasteiger partial charge in [-0.1, -0.05) is 42.5 Å². The largest absolute Gasteiger partial charge is 0.489 e. The molecule has 0 aliphatic rings. The number of carbonyl (C=O) groups is 1. The van der Waals surface area contributed by atoms with Crippen molar-refractivity contribution in [1.29, 1.82) is 0 Å². The number of hydrogen-bond donors (Lipinski definition) is 1. The molecule has 0 aliphatic heterocycles. The lowest BCUT2D eigenvalue weighted by molar-refractivity contribution is 0.102. The fourth-order valence-electron chi connectivity index (χ4n) is 2.26. The van der Waals surface area contributed by atoms with Crippen LogP contribution >= 0.6 is 0 Å². The van der Waals surface area contributed by atoms with Gasteiger partial charge < -0.3 is 10.1 Å². The second-order valence-corrected chi connectivity index (χ2v) is 5.36. The minimum atomic E-state index is -1.09. The summed E-state index contributed by atoms with van der Waals surface area (Å²) in [4.78, 5) is 12.2. The van der Waals surface area contributed by atoms with Gasteiger partial charge in [-0.3, -0.25) is 4.79 Å². The van der Waals surface area contributed by atoms with Crippen molar-refractivity contribution in [3.63, 3.8) is 0 Å². The van der Waals surface area contributed by atoms with Crippen molar-refractivity contribution in [2.45, 2.75) is 6.61 Å². The molecule has 0 saturated carbocycles. The van der Waals surface area contributed by atoms with Crippen LogP contribution in [0.5, 0.6) is 5.75 Å². The van der Waals surface area contributed by atoms with Crippen molar-refractivity contribution in [3.8, 4) is 5.75 Å². The SMILES string of the molecule is O=C(Nc1cccc(F)c1F)c1cccc(OCc2ccccc2)c1. The van der Waals surface area contributed by atoms with Crippen molar-refractivity contribution in [1.82, 2.24) is 0 Å². The maximum absolute atomic E-state index is 13.7. The summed E-state index contributed by atoms with van der Waals surface area (Å²) in [5.41, 5.74) is 1.08. The van der Waals surface area contributed by atoms with Gasteiger partial charge in [-0.15, -0.1) is 0 Å². The number of benzene rings is 3. The lowest BCUT2D eigenvalue weighted by Gasteiger charge is -2.09. The summed E-state index contributed by atoms with van der Waals surface area (Å²) >= 11 is 0. The maximum atomic E-state index is 13.7. The molecule has 3 aromatic rings. The minimum Gasteiger partial charge on any atom is -0.489 e. The third-order valence-corrected chi connectivity index (χ3v) is 3.54.